The number of H-pyrrole nitrogens is 2. The van der Waals surface area contributed by atoms with Crippen molar-refractivity contribution in [2.24, 2.45) is 0 Å². The summed E-state index contributed by atoms with van der Waals surface area (Å²) in [5, 5.41) is 16.2. The van der Waals surface area contributed by atoms with Gasteiger partial charge in [0.25, 0.3) is 10.0 Å². The van der Waals surface area contributed by atoms with E-state index in [1.54, 1.807) is 6.20 Å². The van der Waals surface area contributed by atoms with E-state index in [4.69, 9.17) is 0 Å². The molecule has 8 nitrogen and oxygen atoms in total. The average molecular weight is 499 g/mol. The molecule has 0 unspecified atom stereocenters. The minimum atomic E-state index is -4.29. The molecule has 2 heterocycles. The Morgan fingerprint density at radius 3 is 2.60 bits per heavy atom. The molecule has 0 aliphatic rings. The lowest BCUT2D eigenvalue weighted by Gasteiger charge is -2.13. The van der Waals surface area contributed by atoms with Crippen LogP contribution in [0.3, 0.4) is 0 Å². The Bertz CT molecular complexity index is 1670. The van der Waals surface area contributed by atoms with Crippen molar-refractivity contribution in [2.45, 2.75) is 11.5 Å². The summed E-state index contributed by atoms with van der Waals surface area (Å²) in [6.07, 6.45) is 3.08. The number of rotatable bonds is 6. The van der Waals surface area contributed by atoms with Gasteiger partial charge in [0.05, 0.1) is 22.8 Å². The van der Waals surface area contributed by atoms with E-state index in [1.165, 1.54) is 42.6 Å². The minimum absolute atomic E-state index is 0.167. The van der Waals surface area contributed by atoms with Crippen molar-refractivity contribution in [2.75, 3.05) is 4.72 Å². The van der Waals surface area contributed by atoms with Crippen molar-refractivity contribution >= 4 is 26.6 Å². The summed E-state index contributed by atoms with van der Waals surface area (Å²) in [7, 11) is -4.29. The second-order valence-corrected chi connectivity index (χ2v) is 9.24. The van der Waals surface area contributed by atoms with Gasteiger partial charge in [-0.3, -0.25) is 9.82 Å². The van der Waals surface area contributed by atoms with Crippen LogP contribution in [0.15, 0.2) is 65.8 Å². The number of imidazole rings is 1. The van der Waals surface area contributed by atoms with Crippen molar-refractivity contribution < 1.29 is 26.7 Å². The summed E-state index contributed by atoms with van der Waals surface area (Å²) in [6.45, 7) is -0.394. The molecular formula is C23H16F3N5O3S. The molecule has 5 aromatic rings. The Kier molecular flexibility index (Phi) is 5.53. The van der Waals surface area contributed by atoms with Gasteiger partial charge in [-0.05, 0) is 35.9 Å². The van der Waals surface area contributed by atoms with Gasteiger partial charge in [-0.25, -0.2) is 26.6 Å². The first-order valence-electron chi connectivity index (χ1n) is 10.2. The van der Waals surface area contributed by atoms with Crippen LogP contribution in [-0.2, 0) is 16.6 Å². The number of halogens is 3. The molecule has 0 saturated heterocycles. The largest absolute Gasteiger partial charge is 0.392 e. The Morgan fingerprint density at radius 1 is 1.03 bits per heavy atom. The smallest absolute Gasteiger partial charge is 0.261 e. The molecule has 0 bridgehead atoms. The van der Waals surface area contributed by atoms with E-state index in [-0.39, 0.29) is 10.4 Å². The molecule has 35 heavy (non-hydrogen) atoms. The Balaban J connectivity index is 1.58. The molecule has 2 aromatic heterocycles. The van der Waals surface area contributed by atoms with Crippen LogP contribution in [0.1, 0.15) is 5.56 Å². The number of aromatic amines is 2. The summed E-state index contributed by atoms with van der Waals surface area (Å²) in [4.78, 5) is 6.71. The van der Waals surface area contributed by atoms with Crippen LogP contribution in [0.4, 0.5) is 18.9 Å². The molecule has 0 atom stereocenters. The van der Waals surface area contributed by atoms with Crippen LogP contribution < -0.4 is 4.72 Å². The topological polar surface area (TPSA) is 124 Å². The number of hydrogen-bond donors (Lipinski definition) is 4. The van der Waals surface area contributed by atoms with Gasteiger partial charge in [-0.2, -0.15) is 5.10 Å². The van der Waals surface area contributed by atoms with Gasteiger partial charge in [0.1, 0.15) is 17.0 Å². The Hall–Kier alpha value is -4.16. The molecule has 0 radical (unpaired) electrons. The van der Waals surface area contributed by atoms with Crippen molar-refractivity contribution in [1.29, 1.82) is 0 Å². The predicted octanol–water partition coefficient (Wildman–Crippen LogP) is 4.33. The molecule has 0 fully saturated rings. The molecule has 0 saturated carbocycles. The Labute approximate surface area is 196 Å². The second kappa shape index (κ2) is 8.56. The van der Waals surface area contributed by atoms with E-state index in [0.29, 0.717) is 22.5 Å². The third-order valence-corrected chi connectivity index (χ3v) is 6.76. The number of aromatic nitrogens is 4. The van der Waals surface area contributed by atoms with Gasteiger partial charge < -0.3 is 10.1 Å². The maximum Gasteiger partial charge on any atom is 0.261 e. The molecule has 12 heteroatoms. The summed E-state index contributed by atoms with van der Waals surface area (Å²) >= 11 is 0. The van der Waals surface area contributed by atoms with E-state index in [2.05, 4.69) is 24.9 Å². The van der Waals surface area contributed by atoms with E-state index in [0.717, 1.165) is 12.1 Å². The van der Waals surface area contributed by atoms with Crippen molar-refractivity contribution in [3.63, 3.8) is 0 Å². The zero-order valence-corrected chi connectivity index (χ0v) is 18.5. The van der Waals surface area contributed by atoms with Gasteiger partial charge in [-0.15, -0.1) is 0 Å². The number of benzene rings is 3. The first-order valence-corrected chi connectivity index (χ1v) is 11.7. The van der Waals surface area contributed by atoms with Gasteiger partial charge in [-0.1, -0.05) is 18.2 Å². The lowest BCUT2D eigenvalue weighted by atomic mass is 10.0. The molecule has 5 rings (SSSR count). The van der Waals surface area contributed by atoms with Crippen molar-refractivity contribution in [3.8, 4) is 22.6 Å². The summed E-state index contributed by atoms with van der Waals surface area (Å²) in [5.74, 6) is -2.98. The molecule has 0 spiro atoms. The maximum absolute atomic E-state index is 15.4. The van der Waals surface area contributed by atoms with Crippen LogP contribution >= 0.6 is 0 Å². The van der Waals surface area contributed by atoms with Gasteiger partial charge in [0.15, 0.2) is 17.5 Å². The summed E-state index contributed by atoms with van der Waals surface area (Å²) < 4.78 is 73.1. The highest BCUT2D eigenvalue weighted by molar-refractivity contribution is 7.92. The van der Waals surface area contributed by atoms with Crippen LogP contribution in [0.25, 0.3) is 33.5 Å². The zero-order chi connectivity index (χ0) is 24.7. The summed E-state index contributed by atoms with van der Waals surface area (Å²) in [6, 6.07) is 9.76. The maximum atomic E-state index is 15.4. The van der Waals surface area contributed by atoms with E-state index < -0.39 is 50.9 Å². The van der Waals surface area contributed by atoms with Crippen LogP contribution in [0, 0.1) is 17.5 Å². The summed E-state index contributed by atoms with van der Waals surface area (Å²) in [5.41, 5.74) is -1.21. The number of anilines is 1. The average Bonchev–Trinajstić information content (AvgIpc) is 3.52. The van der Waals surface area contributed by atoms with Crippen molar-refractivity contribution in [1.82, 2.24) is 20.2 Å². The fraction of sp³-hybridized carbons (Fsp3) is 0.0435. The van der Waals surface area contributed by atoms with Crippen molar-refractivity contribution in [3.05, 3.63) is 83.9 Å². The highest BCUT2D eigenvalue weighted by atomic mass is 32.2. The first-order chi connectivity index (χ1) is 16.8. The fourth-order valence-electron chi connectivity index (χ4n) is 3.72. The first kappa shape index (κ1) is 22.6. The Morgan fingerprint density at radius 2 is 1.86 bits per heavy atom. The van der Waals surface area contributed by atoms with Crippen LogP contribution in [0.2, 0.25) is 0 Å². The van der Waals surface area contributed by atoms with Gasteiger partial charge >= 0.3 is 0 Å². The molecular weight excluding hydrogens is 483 g/mol. The van der Waals surface area contributed by atoms with E-state index in [9.17, 15) is 17.9 Å². The standard InChI is InChI=1S/C23H16F3N5O3S/c24-16-6-7-17(31-35(33,34)13-3-1-2-12(10-13)11-32)20(26)18(16)14-4-5-15-21(19(14)25)29-30-22(15)23-27-8-9-28-23/h1-10,31-32H,11H2,(H,27,28)(H,29,30). The lowest BCUT2D eigenvalue weighted by Crippen LogP contribution is -2.15. The SMILES string of the molecule is O=S(=O)(Nc1ccc(F)c(-c2ccc3c(-c4ncc[nH]4)[nH]nc3c2F)c1F)c1cccc(CO)c1. The molecule has 0 aliphatic heterocycles. The van der Waals surface area contributed by atoms with Gasteiger partial charge in [0.2, 0.25) is 0 Å². The van der Waals surface area contributed by atoms with Crippen LogP contribution in [0.5, 0.6) is 0 Å². The number of aliphatic hydroxyl groups excluding tert-OH is 1. The van der Waals surface area contributed by atoms with Gasteiger partial charge in [0, 0.05) is 23.3 Å². The third kappa shape index (κ3) is 3.92. The molecule has 4 N–H and O–H groups in total. The number of aliphatic hydroxyl groups is 1. The second-order valence-electron chi connectivity index (χ2n) is 7.55. The quantitative estimate of drug-likeness (QED) is 0.277. The van der Waals surface area contributed by atoms with E-state index in [1.807, 2.05) is 0 Å². The molecule has 178 valence electrons. The molecule has 3 aromatic carbocycles. The lowest BCUT2D eigenvalue weighted by molar-refractivity contribution is 0.281. The number of nitrogens with one attached hydrogen (secondary N) is 3. The number of fused-ring (bicyclic) bond motifs is 1. The number of hydrogen-bond acceptors (Lipinski definition) is 5. The normalized spacial score (nSPS) is 11.8. The fourth-order valence-corrected chi connectivity index (χ4v) is 4.85. The van der Waals surface area contributed by atoms with Crippen LogP contribution in [-0.4, -0.2) is 33.7 Å². The minimum Gasteiger partial charge on any atom is -0.392 e. The molecule has 0 aliphatic carbocycles. The highest BCUT2D eigenvalue weighted by Crippen LogP contribution is 2.37. The third-order valence-electron chi connectivity index (χ3n) is 5.40. The highest BCUT2D eigenvalue weighted by Gasteiger charge is 2.25. The number of nitrogens with zero attached hydrogens (tertiary/aromatic N) is 2. The zero-order valence-electron chi connectivity index (χ0n) is 17.7. The van der Waals surface area contributed by atoms with E-state index >= 15 is 8.78 Å². The molecule has 0 amide bonds. The monoisotopic (exact) mass is 499 g/mol. The number of sulfonamides is 1. The predicted molar refractivity (Wildman–Crippen MR) is 122 cm³/mol.